The molecule has 0 fully saturated rings. The predicted molar refractivity (Wildman–Crippen MR) is 102 cm³/mol. The van der Waals surface area contributed by atoms with Crippen LogP contribution >= 0.6 is 34.8 Å². The molecule has 3 nitrogen and oxygen atoms in total. The number of halogens is 3. The number of alkyl halides is 1. The van der Waals surface area contributed by atoms with Gasteiger partial charge < -0.3 is 4.98 Å². The molecule has 0 amide bonds. The number of H-pyrrole nitrogens is 1. The lowest BCUT2D eigenvalue weighted by molar-refractivity contribution is 0.746. The van der Waals surface area contributed by atoms with Gasteiger partial charge in [-0.1, -0.05) is 35.3 Å². The highest BCUT2D eigenvalue weighted by molar-refractivity contribution is 6.38. The van der Waals surface area contributed by atoms with E-state index in [0.29, 0.717) is 22.0 Å². The van der Waals surface area contributed by atoms with Gasteiger partial charge in [0.15, 0.2) is 0 Å². The molecule has 1 aromatic carbocycles. The summed E-state index contributed by atoms with van der Waals surface area (Å²) in [6, 6.07) is 7.49. The second-order valence-corrected chi connectivity index (χ2v) is 7.56. The summed E-state index contributed by atoms with van der Waals surface area (Å²) in [5.41, 5.74) is 5.02. The van der Waals surface area contributed by atoms with Crippen LogP contribution in [0.2, 0.25) is 10.0 Å². The van der Waals surface area contributed by atoms with Crippen molar-refractivity contribution in [2.75, 3.05) is 0 Å². The molecule has 0 aliphatic heterocycles. The Hall–Kier alpha value is -1.99. The van der Waals surface area contributed by atoms with Crippen molar-refractivity contribution in [1.29, 1.82) is 5.26 Å². The number of benzene rings is 1. The number of nitrogens with zero attached hydrogens (tertiary/aromatic N) is 2. The highest BCUT2D eigenvalue weighted by atomic mass is 35.5. The zero-order valence-corrected chi connectivity index (χ0v) is 15.5. The van der Waals surface area contributed by atoms with E-state index in [-0.39, 0.29) is 5.56 Å². The average molecular weight is 389 g/mol. The van der Waals surface area contributed by atoms with Crippen LogP contribution in [0.4, 0.5) is 0 Å². The molecule has 1 aliphatic carbocycles. The smallest absolute Gasteiger partial charge is 0.102 e. The first kappa shape index (κ1) is 16.5. The van der Waals surface area contributed by atoms with Crippen molar-refractivity contribution in [1.82, 2.24) is 9.97 Å². The van der Waals surface area contributed by atoms with E-state index in [4.69, 9.17) is 34.8 Å². The van der Waals surface area contributed by atoms with Gasteiger partial charge in [0.2, 0.25) is 0 Å². The Balaban J connectivity index is 1.89. The molecule has 25 heavy (non-hydrogen) atoms. The van der Waals surface area contributed by atoms with Gasteiger partial charge in [-0.2, -0.15) is 5.26 Å². The molecular formula is C19H12Cl3N3. The number of hydrogen-bond donors (Lipinski definition) is 1. The zero-order valence-electron chi connectivity index (χ0n) is 13.2. The van der Waals surface area contributed by atoms with Gasteiger partial charge >= 0.3 is 0 Å². The number of hydrogen-bond acceptors (Lipinski definition) is 2. The Labute approximate surface area is 159 Å². The maximum Gasteiger partial charge on any atom is 0.102 e. The number of aromatic nitrogens is 2. The summed E-state index contributed by atoms with van der Waals surface area (Å²) in [7, 11) is 0. The first-order valence-corrected chi connectivity index (χ1v) is 8.81. The third kappa shape index (κ3) is 2.45. The first-order chi connectivity index (χ1) is 11.9. The van der Waals surface area contributed by atoms with Crippen LogP contribution in [0.1, 0.15) is 28.1 Å². The van der Waals surface area contributed by atoms with Gasteiger partial charge in [0, 0.05) is 23.7 Å². The highest BCUT2D eigenvalue weighted by Crippen LogP contribution is 2.45. The minimum Gasteiger partial charge on any atom is -0.353 e. The summed E-state index contributed by atoms with van der Waals surface area (Å²) in [6.45, 7) is 1.97. The van der Waals surface area contributed by atoms with E-state index in [1.807, 2.05) is 25.1 Å². The van der Waals surface area contributed by atoms with Gasteiger partial charge in [0.05, 0.1) is 31.7 Å². The van der Waals surface area contributed by atoms with Crippen molar-refractivity contribution in [3.05, 3.63) is 68.6 Å². The lowest BCUT2D eigenvalue weighted by Gasteiger charge is -2.28. The summed E-state index contributed by atoms with van der Waals surface area (Å²) in [4.78, 5) is 6.90. The fourth-order valence-electron chi connectivity index (χ4n) is 3.36. The third-order valence-corrected chi connectivity index (χ3v) is 5.82. The molecule has 6 heteroatoms. The van der Waals surface area contributed by atoms with Crippen LogP contribution in [0.25, 0.3) is 17.0 Å². The molecule has 1 atom stereocenters. The number of rotatable bonds is 1. The number of aryl methyl sites for hydroxylation is 1. The first-order valence-electron chi connectivity index (χ1n) is 7.67. The van der Waals surface area contributed by atoms with Gasteiger partial charge in [0.25, 0.3) is 0 Å². The molecule has 3 aromatic rings. The summed E-state index contributed by atoms with van der Waals surface area (Å²) >= 11 is 19.5. The van der Waals surface area contributed by atoms with Crippen molar-refractivity contribution >= 4 is 51.8 Å². The molecule has 0 bridgehead atoms. The lowest BCUT2D eigenvalue weighted by Crippen LogP contribution is -2.22. The van der Waals surface area contributed by atoms with Crippen molar-refractivity contribution in [3.8, 4) is 6.07 Å². The summed E-state index contributed by atoms with van der Waals surface area (Å²) in [5.74, 6) is 0. The average Bonchev–Trinajstić information content (AvgIpc) is 2.94. The monoisotopic (exact) mass is 387 g/mol. The second kappa shape index (κ2) is 5.78. The molecule has 124 valence electrons. The van der Waals surface area contributed by atoms with Crippen LogP contribution in [0, 0.1) is 18.3 Å². The van der Waals surface area contributed by atoms with Gasteiger partial charge in [-0.25, -0.2) is 0 Å². The van der Waals surface area contributed by atoms with Gasteiger partial charge in [-0.15, -0.1) is 11.6 Å². The Bertz CT molecular complexity index is 1090. The topological polar surface area (TPSA) is 52.5 Å². The summed E-state index contributed by atoms with van der Waals surface area (Å²) < 4.78 is 0. The number of aromatic amines is 1. The van der Waals surface area contributed by atoms with E-state index in [0.717, 1.165) is 27.9 Å². The van der Waals surface area contributed by atoms with E-state index in [1.54, 1.807) is 18.3 Å². The lowest BCUT2D eigenvalue weighted by atomic mass is 9.85. The van der Waals surface area contributed by atoms with Gasteiger partial charge in [-0.05, 0) is 36.3 Å². The SMILES string of the molecule is Cc1nccc2c3c([nH]c12)C=CC(Cl)(c1ccc(Cl)c(C#N)c1Cl)C3. The van der Waals surface area contributed by atoms with E-state index in [2.05, 4.69) is 16.0 Å². The number of fused-ring (bicyclic) bond motifs is 3. The Kier molecular flexibility index (Phi) is 3.81. The molecule has 1 unspecified atom stereocenters. The van der Waals surface area contributed by atoms with Crippen molar-refractivity contribution in [2.24, 2.45) is 0 Å². The quantitative estimate of drug-likeness (QED) is 0.539. The second-order valence-electron chi connectivity index (χ2n) is 6.10. The van der Waals surface area contributed by atoms with Crippen LogP contribution < -0.4 is 0 Å². The van der Waals surface area contributed by atoms with Crippen LogP contribution in [-0.2, 0) is 11.3 Å². The molecule has 0 saturated carbocycles. The van der Waals surface area contributed by atoms with Crippen molar-refractivity contribution in [3.63, 3.8) is 0 Å². The van der Waals surface area contributed by atoms with E-state index >= 15 is 0 Å². The van der Waals surface area contributed by atoms with Gasteiger partial charge in [-0.3, -0.25) is 4.98 Å². The molecule has 1 aliphatic rings. The van der Waals surface area contributed by atoms with Crippen LogP contribution in [0.5, 0.6) is 0 Å². The van der Waals surface area contributed by atoms with Crippen molar-refractivity contribution < 1.29 is 0 Å². The summed E-state index contributed by atoms with van der Waals surface area (Å²) in [6.07, 6.45) is 6.21. The number of allylic oxidation sites excluding steroid dienone is 1. The highest BCUT2D eigenvalue weighted by Gasteiger charge is 2.35. The molecule has 2 aromatic heterocycles. The zero-order chi connectivity index (χ0) is 17.8. The molecule has 0 spiro atoms. The number of pyridine rings is 1. The number of nitrogens with one attached hydrogen (secondary N) is 1. The minimum absolute atomic E-state index is 0.249. The van der Waals surface area contributed by atoms with Gasteiger partial charge in [0.1, 0.15) is 6.07 Å². The molecule has 2 heterocycles. The van der Waals surface area contributed by atoms with E-state index in [9.17, 15) is 5.26 Å². The normalized spacial score (nSPS) is 19.0. The standard InChI is InChI=1S/C19H12Cl3N3/c1-10-18-11(5-7-24-10)12-8-19(22,6-4-16(12)25-18)14-2-3-15(20)13(9-23)17(14)21/h2-7,25H,8H2,1H3. The third-order valence-electron chi connectivity index (χ3n) is 4.65. The molecule has 0 radical (unpaired) electrons. The molecular weight excluding hydrogens is 377 g/mol. The largest absolute Gasteiger partial charge is 0.353 e. The Morgan fingerprint density at radius 1 is 1.28 bits per heavy atom. The maximum atomic E-state index is 9.31. The fraction of sp³-hybridized carbons (Fsp3) is 0.158. The Morgan fingerprint density at radius 3 is 2.84 bits per heavy atom. The fourth-order valence-corrected chi connectivity index (χ4v) is 4.38. The summed E-state index contributed by atoms with van der Waals surface area (Å²) in [5, 5.41) is 11.0. The van der Waals surface area contributed by atoms with Crippen molar-refractivity contribution in [2.45, 2.75) is 18.2 Å². The Morgan fingerprint density at radius 2 is 2.08 bits per heavy atom. The molecule has 4 rings (SSSR count). The van der Waals surface area contributed by atoms with Crippen LogP contribution in [0.15, 0.2) is 30.5 Å². The maximum absolute atomic E-state index is 9.31. The van der Waals surface area contributed by atoms with Crippen LogP contribution in [-0.4, -0.2) is 9.97 Å². The predicted octanol–water partition coefficient (Wildman–Crippen LogP) is 5.75. The molecule has 1 N–H and O–H groups in total. The van der Waals surface area contributed by atoms with E-state index < -0.39 is 4.87 Å². The van der Waals surface area contributed by atoms with E-state index in [1.165, 1.54) is 0 Å². The van der Waals surface area contributed by atoms with Crippen LogP contribution in [0.3, 0.4) is 0 Å². The molecule has 0 saturated heterocycles. The minimum atomic E-state index is -0.841. The number of nitriles is 1.